The van der Waals surface area contributed by atoms with Gasteiger partial charge in [-0.3, -0.25) is 0 Å². The van der Waals surface area contributed by atoms with Crippen LogP contribution in [-0.2, 0) is 16.4 Å². The van der Waals surface area contributed by atoms with Crippen molar-refractivity contribution >= 4 is 15.8 Å². The number of hydrogen-bond acceptors (Lipinski definition) is 4. The zero-order valence-corrected chi connectivity index (χ0v) is 12.7. The molecule has 0 aromatic carbocycles. The summed E-state index contributed by atoms with van der Waals surface area (Å²) in [5, 5.41) is 3.40. The summed E-state index contributed by atoms with van der Waals surface area (Å²) in [6, 6.07) is 0.219. The quantitative estimate of drug-likeness (QED) is 0.917. The molecule has 1 aliphatic heterocycles. The normalized spacial score (nSPS) is 19.8. The minimum Gasteiger partial charge on any atom is -0.353 e. The molecule has 1 aromatic heterocycles. The molecule has 1 aromatic rings. The van der Waals surface area contributed by atoms with Gasteiger partial charge < -0.3 is 9.88 Å². The fourth-order valence-corrected chi connectivity index (χ4v) is 3.90. The van der Waals surface area contributed by atoms with Gasteiger partial charge in [0.2, 0.25) is 5.95 Å². The lowest BCUT2D eigenvalue weighted by molar-refractivity contribution is 0.518. The maximum Gasteiger partial charge on any atom is 0.203 e. The van der Waals surface area contributed by atoms with E-state index in [-0.39, 0.29) is 17.5 Å². The lowest BCUT2D eigenvalue weighted by atomic mass is 10.1. The van der Waals surface area contributed by atoms with E-state index in [1.807, 2.05) is 13.1 Å². The number of nitrogens with zero attached hydrogens (tertiary/aromatic N) is 2. The van der Waals surface area contributed by atoms with Crippen LogP contribution in [0.15, 0.2) is 6.20 Å². The summed E-state index contributed by atoms with van der Waals surface area (Å²) in [6.45, 7) is 7.25. The van der Waals surface area contributed by atoms with E-state index in [9.17, 15) is 8.42 Å². The molecular weight excluding hydrogens is 262 g/mol. The van der Waals surface area contributed by atoms with Gasteiger partial charge in [-0.2, -0.15) is 0 Å². The smallest absolute Gasteiger partial charge is 0.203 e. The molecule has 19 heavy (non-hydrogen) atoms. The number of rotatable bonds is 4. The monoisotopic (exact) mass is 285 g/mol. The third kappa shape index (κ3) is 3.96. The average Bonchev–Trinajstić information content (AvgIpc) is 2.61. The standard InChI is InChI=1S/C13H23N3O2S/c1-10(2)8-16-9-11(3)14-13(16)15-12-4-6-19(17,18)7-5-12/h9-10,12H,4-8H2,1-3H3,(H,14,15). The summed E-state index contributed by atoms with van der Waals surface area (Å²) < 4.78 is 25.0. The molecule has 0 atom stereocenters. The van der Waals surface area contributed by atoms with E-state index in [0.717, 1.165) is 18.2 Å². The van der Waals surface area contributed by atoms with Crippen LogP contribution in [0, 0.1) is 12.8 Å². The molecule has 0 aliphatic carbocycles. The third-order valence-electron chi connectivity index (χ3n) is 3.35. The van der Waals surface area contributed by atoms with Crippen molar-refractivity contribution in [3.63, 3.8) is 0 Å². The Morgan fingerprint density at radius 2 is 2.05 bits per heavy atom. The highest BCUT2D eigenvalue weighted by atomic mass is 32.2. The topological polar surface area (TPSA) is 64.0 Å². The first kappa shape index (κ1) is 14.4. The second-order valence-corrected chi connectivity index (χ2v) is 8.13. The van der Waals surface area contributed by atoms with Gasteiger partial charge in [-0.25, -0.2) is 13.4 Å². The Kier molecular flexibility index (Phi) is 4.18. The molecule has 0 radical (unpaired) electrons. The van der Waals surface area contributed by atoms with Crippen LogP contribution < -0.4 is 5.32 Å². The summed E-state index contributed by atoms with van der Waals surface area (Å²) in [4.78, 5) is 4.50. The molecule has 5 nitrogen and oxygen atoms in total. The number of aromatic nitrogens is 2. The summed E-state index contributed by atoms with van der Waals surface area (Å²) in [7, 11) is -2.80. The molecule has 2 heterocycles. The van der Waals surface area contributed by atoms with Gasteiger partial charge in [-0.05, 0) is 25.7 Å². The molecule has 2 rings (SSSR count). The van der Waals surface area contributed by atoms with Crippen LogP contribution in [-0.4, -0.2) is 35.5 Å². The summed E-state index contributed by atoms with van der Waals surface area (Å²) in [5.74, 6) is 2.00. The fraction of sp³-hybridized carbons (Fsp3) is 0.769. The number of imidazole rings is 1. The van der Waals surface area contributed by atoms with Crippen LogP contribution in [0.5, 0.6) is 0 Å². The minimum atomic E-state index is -2.80. The predicted octanol–water partition coefficient (Wildman–Crippen LogP) is 1.84. The molecule has 0 saturated carbocycles. The molecule has 1 N–H and O–H groups in total. The van der Waals surface area contributed by atoms with Gasteiger partial charge in [-0.15, -0.1) is 0 Å². The number of aryl methyl sites for hydroxylation is 1. The average molecular weight is 285 g/mol. The first-order chi connectivity index (χ1) is 8.85. The Hall–Kier alpha value is -1.04. The van der Waals surface area contributed by atoms with Crippen molar-refractivity contribution in [3.8, 4) is 0 Å². The molecule has 1 fully saturated rings. The predicted molar refractivity (Wildman–Crippen MR) is 77.1 cm³/mol. The number of anilines is 1. The van der Waals surface area contributed by atoms with Crippen molar-refractivity contribution in [1.82, 2.24) is 9.55 Å². The van der Waals surface area contributed by atoms with E-state index in [1.54, 1.807) is 0 Å². The Balaban J connectivity index is 2.03. The second-order valence-electron chi connectivity index (χ2n) is 5.82. The van der Waals surface area contributed by atoms with E-state index in [4.69, 9.17) is 0 Å². The van der Waals surface area contributed by atoms with Crippen molar-refractivity contribution in [3.05, 3.63) is 11.9 Å². The van der Waals surface area contributed by atoms with Crippen LogP contribution >= 0.6 is 0 Å². The molecule has 1 aliphatic rings. The van der Waals surface area contributed by atoms with Gasteiger partial charge in [0.1, 0.15) is 9.84 Å². The SMILES string of the molecule is Cc1cn(CC(C)C)c(NC2CCS(=O)(=O)CC2)n1. The van der Waals surface area contributed by atoms with Crippen LogP contribution in [0.3, 0.4) is 0 Å². The number of hydrogen-bond donors (Lipinski definition) is 1. The highest BCUT2D eigenvalue weighted by Crippen LogP contribution is 2.18. The van der Waals surface area contributed by atoms with E-state index in [2.05, 4.69) is 28.7 Å². The Bertz CT molecular complexity index is 520. The molecule has 0 spiro atoms. The van der Waals surface area contributed by atoms with E-state index in [1.165, 1.54) is 0 Å². The highest BCUT2D eigenvalue weighted by Gasteiger charge is 2.24. The first-order valence-corrected chi connectivity index (χ1v) is 8.68. The molecule has 0 bridgehead atoms. The summed E-state index contributed by atoms with van der Waals surface area (Å²) >= 11 is 0. The van der Waals surface area contributed by atoms with Crippen molar-refractivity contribution in [2.45, 2.75) is 46.2 Å². The Morgan fingerprint density at radius 1 is 1.42 bits per heavy atom. The van der Waals surface area contributed by atoms with Gasteiger partial charge >= 0.3 is 0 Å². The van der Waals surface area contributed by atoms with Crippen molar-refractivity contribution < 1.29 is 8.42 Å². The van der Waals surface area contributed by atoms with Crippen LogP contribution in [0.1, 0.15) is 32.4 Å². The van der Waals surface area contributed by atoms with Gasteiger partial charge in [0, 0.05) is 18.8 Å². The molecule has 0 unspecified atom stereocenters. The Morgan fingerprint density at radius 3 is 2.63 bits per heavy atom. The van der Waals surface area contributed by atoms with E-state index >= 15 is 0 Å². The molecule has 0 amide bonds. The van der Waals surface area contributed by atoms with Crippen molar-refractivity contribution in [2.24, 2.45) is 5.92 Å². The summed E-state index contributed by atoms with van der Waals surface area (Å²) in [6.07, 6.45) is 3.40. The highest BCUT2D eigenvalue weighted by molar-refractivity contribution is 7.91. The first-order valence-electron chi connectivity index (χ1n) is 6.86. The lowest BCUT2D eigenvalue weighted by Gasteiger charge is -2.24. The molecule has 6 heteroatoms. The number of nitrogens with one attached hydrogen (secondary N) is 1. The maximum atomic E-state index is 11.4. The van der Waals surface area contributed by atoms with E-state index in [0.29, 0.717) is 18.8 Å². The minimum absolute atomic E-state index is 0.219. The van der Waals surface area contributed by atoms with Crippen LogP contribution in [0.25, 0.3) is 0 Å². The van der Waals surface area contributed by atoms with E-state index < -0.39 is 9.84 Å². The second kappa shape index (κ2) is 5.53. The van der Waals surface area contributed by atoms with Crippen LogP contribution in [0.2, 0.25) is 0 Å². The van der Waals surface area contributed by atoms with Crippen molar-refractivity contribution in [2.75, 3.05) is 16.8 Å². The van der Waals surface area contributed by atoms with Crippen LogP contribution in [0.4, 0.5) is 5.95 Å². The van der Waals surface area contributed by atoms with Gasteiger partial charge in [0.05, 0.1) is 17.2 Å². The largest absolute Gasteiger partial charge is 0.353 e. The lowest BCUT2D eigenvalue weighted by Crippen LogP contribution is -2.33. The van der Waals surface area contributed by atoms with Gasteiger partial charge in [0.25, 0.3) is 0 Å². The third-order valence-corrected chi connectivity index (χ3v) is 5.06. The zero-order valence-electron chi connectivity index (χ0n) is 11.9. The summed E-state index contributed by atoms with van der Waals surface area (Å²) in [5.41, 5.74) is 0.992. The molecule has 1 saturated heterocycles. The Labute approximate surface area is 115 Å². The maximum absolute atomic E-state index is 11.4. The molecular formula is C13H23N3O2S. The van der Waals surface area contributed by atoms with Gasteiger partial charge in [-0.1, -0.05) is 13.8 Å². The van der Waals surface area contributed by atoms with Gasteiger partial charge in [0.15, 0.2) is 0 Å². The fourth-order valence-electron chi connectivity index (χ4n) is 2.41. The zero-order chi connectivity index (χ0) is 14.0. The molecule has 108 valence electrons. The number of sulfone groups is 1. The van der Waals surface area contributed by atoms with Crippen molar-refractivity contribution in [1.29, 1.82) is 0 Å².